The van der Waals surface area contributed by atoms with Crippen LogP contribution in [0.2, 0.25) is 30.7 Å². The maximum absolute atomic E-state index is 10.8. The normalized spacial score (nSPS) is 11.2. The smallest absolute Gasteiger partial charge is 0.224 e. The first-order chi connectivity index (χ1) is 7.42. The molecular formula is C11H16ClNO2Si. The number of carbonyl (C=O) groups excluding carboxylic acids is 1. The predicted octanol–water partition coefficient (Wildman–Crippen LogP) is 3.26. The summed E-state index contributed by atoms with van der Waals surface area (Å²) in [6, 6.07) is 2.60. The molecule has 1 rings (SSSR count). The van der Waals surface area contributed by atoms with Crippen LogP contribution in [0.15, 0.2) is 12.3 Å². The largest absolute Gasteiger partial charge is 0.477 e. The van der Waals surface area contributed by atoms with Gasteiger partial charge in [-0.2, -0.15) is 0 Å². The van der Waals surface area contributed by atoms with Crippen molar-refractivity contribution < 1.29 is 9.53 Å². The zero-order valence-electron chi connectivity index (χ0n) is 9.79. The van der Waals surface area contributed by atoms with Crippen molar-refractivity contribution in [1.82, 2.24) is 4.98 Å². The van der Waals surface area contributed by atoms with Crippen molar-refractivity contribution in [1.29, 1.82) is 0 Å². The number of aromatic nitrogens is 1. The van der Waals surface area contributed by atoms with Gasteiger partial charge in [-0.15, -0.1) is 0 Å². The molecule has 1 heterocycles. The fourth-order valence-corrected chi connectivity index (χ4v) is 1.98. The Labute approximate surface area is 102 Å². The van der Waals surface area contributed by atoms with E-state index in [0.29, 0.717) is 29.4 Å². The summed E-state index contributed by atoms with van der Waals surface area (Å²) in [5.74, 6) is 0.373. The van der Waals surface area contributed by atoms with Crippen LogP contribution < -0.4 is 4.74 Å². The standard InChI is InChI=1S/C11H16ClNO2Si/c1-16(2,3)5-4-15-11-9(8-14)6-10(12)7-13-11/h6-8H,4-5H2,1-3H3. The molecule has 5 heteroatoms. The van der Waals surface area contributed by atoms with Gasteiger partial charge in [-0.1, -0.05) is 31.2 Å². The number of hydrogen-bond donors (Lipinski definition) is 0. The van der Waals surface area contributed by atoms with E-state index in [-0.39, 0.29) is 0 Å². The van der Waals surface area contributed by atoms with E-state index in [4.69, 9.17) is 16.3 Å². The van der Waals surface area contributed by atoms with Gasteiger partial charge in [-0.3, -0.25) is 4.79 Å². The molecule has 1 aromatic rings. The molecule has 88 valence electrons. The molecule has 0 aliphatic rings. The molecule has 3 nitrogen and oxygen atoms in total. The summed E-state index contributed by atoms with van der Waals surface area (Å²) in [7, 11) is -1.12. The number of pyridine rings is 1. The Morgan fingerprint density at radius 3 is 2.75 bits per heavy atom. The molecule has 0 aromatic carbocycles. The van der Waals surface area contributed by atoms with Crippen LogP contribution in [0.5, 0.6) is 5.88 Å². The summed E-state index contributed by atoms with van der Waals surface area (Å²) in [5.41, 5.74) is 0.406. The van der Waals surface area contributed by atoms with Gasteiger partial charge >= 0.3 is 0 Å². The molecule has 0 bridgehead atoms. The average Bonchev–Trinajstić information content (AvgIpc) is 2.18. The van der Waals surface area contributed by atoms with Gasteiger partial charge in [0.15, 0.2) is 6.29 Å². The van der Waals surface area contributed by atoms with E-state index in [0.717, 1.165) is 6.04 Å². The van der Waals surface area contributed by atoms with Crippen LogP contribution in [-0.2, 0) is 0 Å². The SMILES string of the molecule is C[Si](C)(C)CCOc1ncc(Cl)cc1C=O. The summed E-state index contributed by atoms with van der Waals surface area (Å²) in [6.07, 6.45) is 2.20. The number of ether oxygens (including phenoxy) is 1. The molecule has 0 aliphatic carbocycles. The minimum Gasteiger partial charge on any atom is -0.477 e. The number of halogens is 1. The maximum atomic E-state index is 10.8. The fourth-order valence-electron chi connectivity index (χ4n) is 1.10. The van der Waals surface area contributed by atoms with Gasteiger partial charge in [0.2, 0.25) is 5.88 Å². The maximum Gasteiger partial charge on any atom is 0.224 e. The third-order valence-electron chi connectivity index (χ3n) is 2.06. The topological polar surface area (TPSA) is 39.2 Å². The van der Waals surface area contributed by atoms with Crippen molar-refractivity contribution in [2.75, 3.05) is 6.61 Å². The van der Waals surface area contributed by atoms with Crippen LogP contribution in [0, 0.1) is 0 Å². The quantitative estimate of drug-likeness (QED) is 0.600. The second kappa shape index (κ2) is 5.45. The highest BCUT2D eigenvalue weighted by Crippen LogP contribution is 2.18. The fraction of sp³-hybridized carbons (Fsp3) is 0.455. The Morgan fingerprint density at radius 2 is 2.19 bits per heavy atom. The van der Waals surface area contributed by atoms with E-state index in [1.165, 1.54) is 6.20 Å². The third kappa shape index (κ3) is 4.33. The number of carbonyl (C=O) groups is 1. The Morgan fingerprint density at radius 1 is 1.50 bits per heavy atom. The highest BCUT2D eigenvalue weighted by atomic mass is 35.5. The Hall–Kier alpha value is -0.873. The lowest BCUT2D eigenvalue weighted by Crippen LogP contribution is -2.22. The molecule has 16 heavy (non-hydrogen) atoms. The lowest BCUT2D eigenvalue weighted by atomic mass is 10.3. The van der Waals surface area contributed by atoms with Crippen molar-refractivity contribution in [2.45, 2.75) is 25.7 Å². The molecule has 1 aromatic heterocycles. The molecule has 0 unspecified atom stereocenters. The molecule has 0 atom stereocenters. The zero-order valence-corrected chi connectivity index (χ0v) is 11.5. The van der Waals surface area contributed by atoms with Crippen molar-refractivity contribution >= 4 is 26.0 Å². The molecule has 0 N–H and O–H groups in total. The molecule has 0 aliphatic heterocycles. The Bertz CT molecular complexity index is 377. The second-order valence-electron chi connectivity index (χ2n) is 4.82. The monoisotopic (exact) mass is 257 g/mol. The van der Waals surface area contributed by atoms with Gasteiger partial charge in [-0.05, 0) is 12.1 Å². The Kier molecular flexibility index (Phi) is 4.50. The minimum atomic E-state index is -1.12. The van der Waals surface area contributed by atoms with Gasteiger partial charge in [0.25, 0.3) is 0 Å². The van der Waals surface area contributed by atoms with E-state index in [1.807, 2.05) is 0 Å². The van der Waals surface area contributed by atoms with Crippen LogP contribution in [0.25, 0.3) is 0 Å². The number of nitrogens with zero attached hydrogens (tertiary/aromatic N) is 1. The molecule has 0 spiro atoms. The van der Waals surface area contributed by atoms with Gasteiger partial charge in [0.1, 0.15) is 0 Å². The minimum absolute atomic E-state index is 0.373. The molecule has 0 amide bonds. The average molecular weight is 258 g/mol. The Balaban J connectivity index is 2.63. The molecule has 0 saturated carbocycles. The molecule has 0 radical (unpaired) electrons. The summed E-state index contributed by atoms with van der Waals surface area (Å²) in [6.45, 7) is 7.41. The van der Waals surface area contributed by atoms with Gasteiger partial charge < -0.3 is 4.74 Å². The van der Waals surface area contributed by atoms with Crippen LogP contribution in [0.4, 0.5) is 0 Å². The van der Waals surface area contributed by atoms with Gasteiger partial charge in [0, 0.05) is 14.3 Å². The van der Waals surface area contributed by atoms with E-state index in [2.05, 4.69) is 24.6 Å². The van der Waals surface area contributed by atoms with Crippen LogP contribution in [0.1, 0.15) is 10.4 Å². The number of hydrogen-bond acceptors (Lipinski definition) is 3. The van der Waals surface area contributed by atoms with Crippen LogP contribution in [-0.4, -0.2) is 26.0 Å². The van der Waals surface area contributed by atoms with Crippen molar-refractivity contribution in [3.63, 3.8) is 0 Å². The number of rotatable bonds is 5. The van der Waals surface area contributed by atoms with E-state index < -0.39 is 8.07 Å². The number of aldehydes is 1. The van der Waals surface area contributed by atoms with Crippen molar-refractivity contribution in [3.05, 3.63) is 22.8 Å². The second-order valence-corrected chi connectivity index (χ2v) is 10.9. The highest BCUT2D eigenvalue weighted by molar-refractivity contribution is 6.76. The van der Waals surface area contributed by atoms with E-state index in [9.17, 15) is 4.79 Å². The third-order valence-corrected chi connectivity index (χ3v) is 3.97. The predicted molar refractivity (Wildman–Crippen MR) is 68.3 cm³/mol. The summed E-state index contributed by atoms with van der Waals surface area (Å²) in [5, 5.41) is 0.444. The van der Waals surface area contributed by atoms with Gasteiger partial charge in [-0.25, -0.2) is 4.98 Å². The van der Waals surface area contributed by atoms with E-state index in [1.54, 1.807) is 6.07 Å². The molecule has 0 fully saturated rings. The van der Waals surface area contributed by atoms with Crippen LogP contribution in [0.3, 0.4) is 0 Å². The highest BCUT2D eigenvalue weighted by Gasteiger charge is 2.13. The zero-order chi connectivity index (χ0) is 12.2. The van der Waals surface area contributed by atoms with Gasteiger partial charge in [0.05, 0.1) is 17.2 Å². The lowest BCUT2D eigenvalue weighted by molar-refractivity contribution is 0.111. The lowest BCUT2D eigenvalue weighted by Gasteiger charge is -2.16. The summed E-state index contributed by atoms with van der Waals surface area (Å²) < 4.78 is 5.49. The van der Waals surface area contributed by atoms with E-state index >= 15 is 0 Å². The summed E-state index contributed by atoms with van der Waals surface area (Å²) >= 11 is 5.73. The molecular weight excluding hydrogens is 242 g/mol. The first-order valence-electron chi connectivity index (χ1n) is 5.16. The van der Waals surface area contributed by atoms with Crippen molar-refractivity contribution in [3.8, 4) is 5.88 Å². The first-order valence-corrected chi connectivity index (χ1v) is 9.24. The molecule has 0 saturated heterocycles. The van der Waals surface area contributed by atoms with Crippen LogP contribution >= 0.6 is 11.6 Å². The first kappa shape index (κ1) is 13.2. The van der Waals surface area contributed by atoms with Crippen molar-refractivity contribution in [2.24, 2.45) is 0 Å². The summed E-state index contributed by atoms with van der Waals surface area (Å²) in [4.78, 5) is 14.8.